The fourth-order valence-corrected chi connectivity index (χ4v) is 3.84. The molecule has 1 aliphatic rings. The first-order chi connectivity index (χ1) is 13.6. The van der Waals surface area contributed by atoms with E-state index in [1.165, 1.54) is 21.3 Å². The van der Waals surface area contributed by atoms with Crippen molar-refractivity contribution in [3.63, 3.8) is 0 Å². The van der Waals surface area contributed by atoms with E-state index in [-0.39, 0.29) is 12.3 Å². The van der Waals surface area contributed by atoms with Crippen molar-refractivity contribution in [1.82, 2.24) is 5.32 Å². The van der Waals surface area contributed by atoms with Gasteiger partial charge in [0.15, 0.2) is 17.0 Å². The van der Waals surface area contributed by atoms with E-state index in [0.29, 0.717) is 30.2 Å². The summed E-state index contributed by atoms with van der Waals surface area (Å²) in [4.78, 5) is 26.5. The molecule has 1 heterocycles. The monoisotopic (exact) mass is 384 g/mol. The smallest absolute Gasteiger partial charge is 0.257 e. The van der Waals surface area contributed by atoms with Gasteiger partial charge < -0.3 is 24.4 Å². The molecule has 0 bridgehead atoms. The highest BCUT2D eigenvalue weighted by atomic mass is 16.5. The van der Waals surface area contributed by atoms with Crippen LogP contribution in [0.25, 0.3) is 0 Å². The maximum atomic E-state index is 13.4. The highest BCUT2D eigenvalue weighted by molar-refractivity contribution is 6.08. The van der Waals surface area contributed by atoms with Crippen LogP contribution >= 0.6 is 0 Å². The number of nitrogens with one attached hydrogen (secondary N) is 1. The van der Waals surface area contributed by atoms with Crippen molar-refractivity contribution in [2.45, 2.75) is 18.9 Å². The minimum atomic E-state index is -1.20. The van der Waals surface area contributed by atoms with E-state index in [4.69, 9.17) is 14.2 Å². The summed E-state index contributed by atoms with van der Waals surface area (Å²) >= 11 is 0. The van der Waals surface area contributed by atoms with Crippen LogP contribution in [0.2, 0.25) is 0 Å². The first kappa shape index (κ1) is 19.5. The van der Waals surface area contributed by atoms with E-state index >= 15 is 0 Å². The third kappa shape index (κ3) is 2.93. The Hall–Kier alpha value is -3.22. The van der Waals surface area contributed by atoms with Gasteiger partial charge in [-0.3, -0.25) is 9.59 Å². The summed E-state index contributed by atoms with van der Waals surface area (Å²) in [5, 5.41) is 2.80. The van der Waals surface area contributed by atoms with Gasteiger partial charge in [0.2, 0.25) is 12.2 Å². The molecule has 7 nitrogen and oxygen atoms in total. The zero-order valence-corrected chi connectivity index (χ0v) is 16.4. The van der Waals surface area contributed by atoms with Crippen LogP contribution in [0.5, 0.6) is 17.2 Å². The molecule has 0 aromatic heterocycles. The molecule has 0 fully saturated rings. The van der Waals surface area contributed by atoms with Gasteiger partial charge in [-0.15, -0.1) is 0 Å². The molecule has 1 atom stereocenters. The Bertz CT molecular complexity index is 873. The molecule has 148 valence electrons. The molecule has 2 amide bonds. The number of carbonyl (C=O) groups excluding carboxylic acids is 2. The zero-order valence-electron chi connectivity index (χ0n) is 16.4. The summed E-state index contributed by atoms with van der Waals surface area (Å²) in [5.41, 5.74) is 1.14. The fraction of sp³-hybridized carbons (Fsp3) is 0.333. The van der Waals surface area contributed by atoms with Crippen LogP contribution in [0.1, 0.15) is 18.1 Å². The SMILES string of the molecule is CCN1C(=O)C(Cc2cc(OC)c(OC)c(OC)c2)(NC=O)c2ccccc21. The summed E-state index contributed by atoms with van der Waals surface area (Å²) in [7, 11) is 4.61. The predicted molar refractivity (Wildman–Crippen MR) is 105 cm³/mol. The number of fused-ring (bicyclic) bond motifs is 1. The van der Waals surface area contributed by atoms with Crippen molar-refractivity contribution in [2.75, 3.05) is 32.8 Å². The Kier molecular flexibility index (Phi) is 5.44. The standard InChI is InChI=1S/C21H24N2O5/c1-5-23-16-9-7-6-8-15(16)21(20(23)25,22-13-24)12-14-10-17(26-2)19(28-4)18(11-14)27-3/h6-11,13H,5,12H2,1-4H3,(H,22,24). The summed E-state index contributed by atoms with van der Waals surface area (Å²) in [6, 6.07) is 11.1. The van der Waals surface area contributed by atoms with E-state index < -0.39 is 5.54 Å². The Morgan fingerprint density at radius 2 is 1.71 bits per heavy atom. The Balaban J connectivity index is 2.15. The molecule has 0 aliphatic carbocycles. The maximum Gasteiger partial charge on any atom is 0.257 e. The second kappa shape index (κ2) is 7.80. The lowest BCUT2D eigenvalue weighted by molar-refractivity contribution is -0.127. The summed E-state index contributed by atoms with van der Waals surface area (Å²) in [6.07, 6.45) is 0.820. The van der Waals surface area contributed by atoms with Gasteiger partial charge in [0.05, 0.1) is 21.3 Å². The molecule has 0 spiro atoms. The molecule has 0 radical (unpaired) electrons. The number of hydrogen-bond acceptors (Lipinski definition) is 5. The highest BCUT2D eigenvalue weighted by Gasteiger charge is 2.50. The summed E-state index contributed by atoms with van der Waals surface area (Å²) < 4.78 is 16.2. The predicted octanol–water partition coefficient (Wildman–Crippen LogP) is 2.26. The lowest BCUT2D eigenvalue weighted by Crippen LogP contribution is -2.51. The normalized spacial score (nSPS) is 17.9. The van der Waals surface area contributed by atoms with Crippen LogP contribution in [0, 0.1) is 0 Å². The van der Waals surface area contributed by atoms with E-state index in [9.17, 15) is 9.59 Å². The zero-order chi connectivity index (χ0) is 20.3. The molecule has 1 unspecified atom stereocenters. The first-order valence-corrected chi connectivity index (χ1v) is 8.98. The third-order valence-electron chi connectivity index (χ3n) is 5.08. The van der Waals surface area contributed by atoms with Crippen LogP contribution < -0.4 is 24.4 Å². The molecule has 0 saturated heterocycles. The molecular weight excluding hydrogens is 360 g/mol. The van der Waals surface area contributed by atoms with Crippen molar-refractivity contribution in [2.24, 2.45) is 0 Å². The van der Waals surface area contributed by atoms with Gasteiger partial charge >= 0.3 is 0 Å². The topological polar surface area (TPSA) is 77.1 Å². The van der Waals surface area contributed by atoms with E-state index in [1.807, 2.05) is 31.2 Å². The minimum absolute atomic E-state index is 0.169. The van der Waals surface area contributed by atoms with Gasteiger partial charge in [0.1, 0.15) is 0 Å². The number of rotatable bonds is 8. The van der Waals surface area contributed by atoms with E-state index in [0.717, 1.165) is 16.8 Å². The largest absolute Gasteiger partial charge is 0.493 e. The molecule has 2 aromatic carbocycles. The second-order valence-electron chi connectivity index (χ2n) is 6.44. The van der Waals surface area contributed by atoms with Crippen LogP contribution in [-0.4, -0.2) is 40.2 Å². The van der Waals surface area contributed by atoms with Crippen LogP contribution in [0.4, 0.5) is 5.69 Å². The molecule has 3 rings (SSSR count). The number of likely N-dealkylation sites (N-methyl/N-ethyl adjacent to an activating group) is 1. The molecule has 7 heteroatoms. The second-order valence-corrected chi connectivity index (χ2v) is 6.44. The highest BCUT2D eigenvalue weighted by Crippen LogP contribution is 2.44. The van der Waals surface area contributed by atoms with E-state index in [2.05, 4.69) is 5.32 Å². The van der Waals surface area contributed by atoms with Crippen LogP contribution in [0.3, 0.4) is 0 Å². The molecule has 1 aliphatic heterocycles. The Labute approximate surface area is 164 Å². The fourth-order valence-electron chi connectivity index (χ4n) is 3.84. The number of hydrogen-bond donors (Lipinski definition) is 1. The molecule has 28 heavy (non-hydrogen) atoms. The van der Waals surface area contributed by atoms with Gasteiger partial charge in [-0.05, 0) is 30.7 Å². The van der Waals surface area contributed by atoms with Gasteiger partial charge in [-0.25, -0.2) is 0 Å². The summed E-state index contributed by atoms with van der Waals surface area (Å²) in [6.45, 7) is 2.42. The van der Waals surface area contributed by atoms with Gasteiger partial charge in [0, 0.05) is 24.2 Å². The van der Waals surface area contributed by atoms with Gasteiger partial charge in [-0.1, -0.05) is 18.2 Å². The maximum absolute atomic E-state index is 13.4. The number of amides is 2. The number of carbonyl (C=O) groups is 2. The van der Waals surface area contributed by atoms with Crippen molar-refractivity contribution in [3.8, 4) is 17.2 Å². The van der Waals surface area contributed by atoms with Crippen LogP contribution in [-0.2, 0) is 21.5 Å². The number of methoxy groups -OCH3 is 3. The minimum Gasteiger partial charge on any atom is -0.493 e. The molecule has 2 aromatic rings. The number of para-hydroxylation sites is 1. The Morgan fingerprint density at radius 1 is 1.07 bits per heavy atom. The van der Waals surface area contributed by atoms with Crippen molar-refractivity contribution in [3.05, 3.63) is 47.5 Å². The number of anilines is 1. The number of ether oxygens (including phenoxy) is 3. The van der Waals surface area contributed by atoms with Crippen LogP contribution in [0.15, 0.2) is 36.4 Å². The quantitative estimate of drug-likeness (QED) is 0.707. The van der Waals surface area contributed by atoms with Gasteiger partial charge in [-0.2, -0.15) is 0 Å². The lowest BCUT2D eigenvalue weighted by atomic mass is 9.84. The third-order valence-corrected chi connectivity index (χ3v) is 5.08. The van der Waals surface area contributed by atoms with E-state index in [1.54, 1.807) is 17.0 Å². The molecular formula is C21H24N2O5. The Morgan fingerprint density at radius 3 is 2.25 bits per heavy atom. The van der Waals surface area contributed by atoms with Crippen molar-refractivity contribution >= 4 is 18.0 Å². The average molecular weight is 384 g/mol. The first-order valence-electron chi connectivity index (χ1n) is 8.98. The number of nitrogens with zero attached hydrogens (tertiary/aromatic N) is 1. The van der Waals surface area contributed by atoms with Crippen molar-refractivity contribution in [1.29, 1.82) is 0 Å². The molecule has 0 saturated carbocycles. The summed E-state index contributed by atoms with van der Waals surface area (Å²) in [5.74, 6) is 1.28. The number of benzene rings is 2. The molecule has 1 N–H and O–H groups in total. The average Bonchev–Trinajstić information content (AvgIpc) is 2.95. The van der Waals surface area contributed by atoms with Gasteiger partial charge in [0.25, 0.3) is 5.91 Å². The lowest BCUT2D eigenvalue weighted by Gasteiger charge is -2.28. The van der Waals surface area contributed by atoms with Crippen molar-refractivity contribution < 1.29 is 23.8 Å².